The number of nitrogens with zero attached hydrogens (tertiary/aromatic N) is 2. The number of benzene rings is 4. The average molecular weight is 662 g/mol. The zero-order valence-corrected chi connectivity index (χ0v) is 27.9. The molecule has 4 rings (SSSR count). The van der Waals surface area contributed by atoms with Crippen molar-refractivity contribution in [1.29, 1.82) is 0 Å². The molecule has 4 aromatic carbocycles. The fourth-order valence-electron chi connectivity index (χ4n) is 4.91. The predicted octanol–water partition coefficient (Wildman–Crippen LogP) is 6.49. The number of halogens is 1. The summed E-state index contributed by atoms with van der Waals surface area (Å²) in [5.41, 5.74) is 1.93. The number of para-hydroxylation sites is 1. The number of anilines is 1. The van der Waals surface area contributed by atoms with Gasteiger partial charge in [-0.3, -0.25) is 13.9 Å². The number of carbonyl (C=O) groups excluding carboxylic acids is 2. The number of nitrogens with one attached hydrogen (secondary N) is 1. The summed E-state index contributed by atoms with van der Waals surface area (Å²) in [5, 5.41) is 3.57. The van der Waals surface area contributed by atoms with Crippen LogP contribution in [0.2, 0.25) is 5.02 Å². The van der Waals surface area contributed by atoms with Crippen LogP contribution in [0.5, 0.6) is 5.75 Å². The van der Waals surface area contributed by atoms with Crippen molar-refractivity contribution in [3.63, 3.8) is 0 Å². The molecule has 10 heteroatoms. The van der Waals surface area contributed by atoms with Gasteiger partial charge < -0.3 is 15.0 Å². The highest BCUT2D eigenvalue weighted by atomic mass is 35.5. The third kappa shape index (κ3) is 9.11. The van der Waals surface area contributed by atoms with E-state index in [9.17, 15) is 18.0 Å². The van der Waals surface area contributed by atoms with E-state index >= 15 is 0 Å². The molecule has 2 amide bonds. The van der Waals surface area contributed by atoms with E-state index in [-0.39, 0.29) is 29.8 Å². The Morgan fingerprint density at radius 1 is 0.826 bits per heavy atom. The van der Waals surface area contributed by atoms with Gasteiger partial charge in [0.2, 0.25) is 11.8 Å². The highest BCUT2D eigenvalue weighted by molar-refractivity contribution is 7.92. The maximum Gasteiger partial charge on any atom is 0.264 e. The zero-order valence-electron chi connectivity index (χ0n) is 26.3. The van der Waals surface area contributed by atoms with E-state index in [1.54, 1.807) is 66.7 Å². The molecule has 1 N–H and O–H groups in total. The largest absolute Gasteiger partial charge is 0.494 e. The van der Waals surface area contributed by atoms with Gasteiger partial charge in [-0.1, -0.05) is 79.2 Å². The Hall–Kier alpha value is -4.34. The molecule has 0 aliphatic rings. The molecule has 0 spiro atoms. The first-order chi connectivity index (χ1) is 22.1. The van der Waals surface area contributed by atoms with Crippen LogP contribution in [-0.2, 0) is 32.6 Å². The Balaban J connectivity index is 1.77. The van der Waals surface area contributed by atoms with E-state index < -0.39 is 28.5 Å². The highest BCUT2D eigenvalue weighted by Crippen LogP contribution is 2.26. The Kier molecular flexibility index (Phi) is 12.2. The van der Waals surface area contributed by atoms with Crippen molar-refractivity contribution in [1.82, 2.24) is 10.2 Å². The van der Waals surface area contributed by atoms with Crippen LogP contribution in [0.4, 0.5) is 5.69 Å². The number of carbonyl (C=O) groups is 2. The van der Waals surface area contributed by atoms with Gasteiger partial charge in [-0.2, -0.15) is 0 Å². The van der Waals surface area contributed by atoms with Crippen LogP contribution >= 0.6 is 11.6 Å². The van der Waals surface area contributed by atoms with E-state index in [1.807, 2.05) is 51.1 Å². The molecule has 2 unspecified atom stereocenters. The van der Waals surface area contributed by atoms with Gasteiger partial charge in [-0.25, -0.2) is 8.42 Å². The number of ether oxygens (including phenoxy) is 1. The molecule has 8 nitrogen and oxygen atoms in total. The standard InChI is InChI=1S/C36H40ClN3O5S/c1-4-27(3)38-36(42)34(24-28-12-8-6-9-13-28)39(25-29-16-18-30(37)19-17-29)35(41)26-40(31-14-10-7-11-15-31)46(43,44)33-22-20-32(21-23-33)45-5-2/h6-23,27,34H,4-5,24-26H2,1-3H3,(H,38,42). The molecule has 0 aliphatic carbocycles. The van der Waals surface area contributed by atoms with Gasteiger partial charge in [0.25, 0.3) is 10.0 Å². The smallest absolute Gasteiger partial charge is 0.264 e. The van der Waals surface area contributed by atoms with Crippen molar-refractivity contribution >= 4 is 39.1 Å². The molecular formula is C36H40ClN3O5S. The first kappa shape index (κ1) is 34.5. The molecule has 0 fully saturated rings. The van der Waals surface area contributed by atoms with Crippen LogP contribution < -0.4 is 14.4 Å². The number of sulfonamides is 1. The van der Waals surface area contributed by atoms with Crippen LogP contribution in [0.1, 0.15) is 38.3 Å². The minimum atomic E-state index is -4.21. The lowest BCUT2D eigenvalue weighted by atomic mass is 10.0. The van der Waals surface area contributed by atoms with E-state index in [2.05, 4.69) is 5.32 Å². The van der Waals surface area contributed by atoms with Gasteiger partial charge >= 0.3 is 0 Å². The van der Waals surface area contributed by atoms with Crippen molar-refractivity contribution in [3.8, 4) is 5.75 Å². The molecule has 0 aromatic heterocycles. The molecule has 46 heavy (non-hydrogen) atoms. The number of amides is 2. The summed E-state index contributed by atoms with van der Waals surface area (Å²) >= 11 is 6.15. The van der Waals surface area contributed by atoms with Crippen molar-refractivity contribution in [2.24, 2.45) is 0 Å². The molecule has 0 radical (unpaired) electrons. The topological polar surface area (TPSA) is 96.0 Å². The van der Waals surface area contributed by atoms with E-state index in [1.165, 1.54) is 17.0 Å². The maximum absolute atomic E-state index is 14.5. The summed E-state index contributed by atoms with van der Waals surface area (Å²) in [6.45, 7) is 5.69. The van der Waals surface area contributed by atoms with Crippen molar-refractivity contribution in [2.75, 3.05) is 17.5 Å². The summed E-state index contributed by atoms with van der Waals surface area (Å²) in [7, 11) is -4.21. The number of hydrogen-bond acceptors (Lipinski definition) is 5. The van der Waals surface area contributed by atoms with Crippen molar-refractivity contribution in [3.05, 3.63) is 125 Å². The molecule has 0 bridgehead atoms. The van der Waals surface area contributed by atoms with Crippen LogP contribution in [0, 0.1) is 0 Å². The lowest BCUT2D eigenvalue weighted by molar-refractivity contribution is -0.140. The second-order valence-corrected chi connectivity index (χ2v) is 13.2. The monoisotopic (exact) mass is 661 g/mol. The predicted molar refractivity (Wildman–Crippen MR) is 182 cm³/mol. The van der Waals surface area contributed by atoms with E-state index in [0.29, 0.717) is 29.5 Å². The number of rotatable bonds is 15. The quantitative estimate of drug-likeness (QED) is 0.157. The van der Waals surface area contributed by atoms with E-state index in [0.717, 1.165) is 15.4 Å². The maximum atomic E-state index is 14.5. The second-order valence-electron chi connectivity index (χ2n) is 10.9. The van der Waals surface area contributed by atoms with Crippen molar-refractivity contribution in [2.45, 2.75) is 57.1 Å². The zero-order chi connectivity index (χ0) is 33.1. The van der Waals surface area contributed by atoms with Crippen molar-refractivity contribution < 1.29 is 22.7 Å². The summed E-state index contributed by atoms with van der Waals surface area (Å²) in [4.78, 5) is 29.9. The lowest BCUT2D eigenvalue weighted by Gasteiger charge is -2.34. The third-order valence-electron chi connectivity index (χ3n) is 7.58. The lowest BCUT2D eigenvalue weighted by Crippen LogP contribution is -2.54. The molecule has 0 saturated heterocycles. The Labute approximate surface area is 277 Å². The molecule has 242 valence electrons. The van der Waals surface area contributed by atoms with Crippen LogP contribution in [0.15, 0.2) is 114 Å². The minimum absolute atomic E-state index is 0.00667. The first-order valence-electron chi connectivity index (χ1n) is 15.3. The fourth-order valence-corrected chi connectivity index (χ4v) is 6.45. The van der Waals surface area contributed by atoms with Gasteiger partial charge in [0.15, 0.2) is 0 Å². The van der Waals surface area contributed by atoms with Crippen LogP contribution in [0.25, 0.3) is 0 Å². The SMILES string of the molecule is CCOc1ccc(S(=O)(=O)N(CC(=O)N(Cc2ccc(Cl)cc2)C(Cc2ccccc2)C(=O)NC(C)CC)c2ccccc2)cc1. The summed E-state index contributed by atoms with van der Waals surface area (Å²) in [6.07, 6.45) is 0.941. The average Bonchev–Trinajstić information content (AvgIpc) is 3.07. The Morgan fingerprint density at radius 2 is 1.43 bits per heavy atom. The Morgan fingerprint density at radius 3 is 2.02 bits per heavy atom. The minimum Gasteiger partial charge on any atom is -0.494 e. The molecule has 0 heterocycles. The summed E-state index contributed by atoms with van der Waals surface area (Å²) < 4.78 is 34.9. The normalized spacial score (nSPS) is 12.5. The highest BCUT2D eigenvalue weighted by Gasteiger charge is 2.35. The molecule has 4 aromatic rings. The summed E-state index contributed by atoms with van der Waals surface area (Å²) in [5.74, 6) is -0.316. The van der Waals surface area contributed by atoms with Gasteiger partial charge in [0.1, 0.15) is 18.3 Å². The van der Waals surface area contributed by atoms with Gasteiger partial charge in [-0.05, 0) is 79.9 Å². The van der Waals surface area contributed by atoms with Crippen LogP contribution in [-0.4, -0.2) is 50.4 Å². The second kappa shape index (κ2) is 16.3. The Bertz CT molecular complexity index is 1670. The molecule has 0 saturated carbocycles. The summed E-state index contributed by atoms with van der Waals surface area (Å²) in [6, 6.07) is 30.0. The van der Waals surface area contributed by atoms with Gasteiger partial charge in [0.05, 0.1) is 17.2 Å². The fraction of sp³-hybridized carbons (Fsp3) is 0.278. The molecule has 2 atom stereocenters. The van der Waals surface area contributed by atoms with Crippen LogP contribution in [0.3, 0.4) is 0 Å². The van der Waals surface area contributed by atoms with Gasteiger partial charge in [0, 0.05) is 24.0 Å². The van der Waals surface area contributed by atoms with Gasteiger partial charge in [-0.15, -0.1) is 0 Å². The third-order valence-corrected chi connectivity index (χ3v) is 9.62. The molecular weight excluding hydrogens is 622 g/mol. The van der Waals surface area contributed by atoms with E-state index in [4.69, 9.17) is 16.3 Å². The first-order valence-corrected chi connectivity index (χ1v) is 17.1. The number of hydrogen-bond donors (Lipinski definition) is 1. The molecule has 0 aliphatic heterocycles.